The van der Waals surface area contributed by atoms with Crippen LogP contribution in [-0.2, 0) is 11.2 Å². The van der Waals surface area contributed by atoms with Crippen LogP contribution in [0, 0.1) is 11.3 Å². The summed E-state index contributed by atoms with van der Waals surface area (Å²) in [6, 6.07) is 15.4. The third kappa shape index (κ3) is 4.78. The fraction of sp³-hybridized carbons (Fsp3) is 0.316. The van der Waals surface area contributed by atoms with Crippen molar-refractivity contribution >= 4 is 17.4 Å². The molecule has 0 unspecified atom stereocenters. The molecule has 6 nitrogen and oxygen atoms in total. The normalized spacial score (nSPS) is 14.8. The van der Waals surface area contributed by atoms with Crippen LogP contribution in [0.5, 0.6) is 0 Å². The van der Waals surface area contributed by atoms with Crippen molar-refractivity contribution < 1.29 is 4.79 Å². The SMILES string of the molecule is N#CCc1ccc(NC(=O)CN2CCN(c3ccccn3)CC2)cc1. The van der Waals surface area contributed by atoms with Gasteiger partial charge in [-0.25, -0.2) is 4.98 Å². The maximum atomic E-state index is 12.2. The summed E-state index contributed by atoms with van der Waals surface area (Å²) in [7, 11) is 0. The average molecular weight is 335 g/mol. The molecule has 1 aromatic heterocycles. The Labute approximate surface area is 147 Å². The van der Waals surface area contributed by atoms with Crippen LogP contribution in [0.1, 0.15) is 5.56 Å². The van der Waals surface area contributed by atoms with Crippen molar-refractivity contribution in [2.45, 2.75) is 6.42 Å². The van der Waals surface area contributed by atoms with Gasteiger partial charge in [0.25, 0.3) is 0 Å². The number of rotatable bonds is 5. The van der Waals surface area contributed by atoms with E-state index in [0.29, 0.717) is 13.0 Å². The van der Waals surface area contributed by atoms with Crippen molar-refractivity contribution in [3.05, 3.63) is 54.2 Å². The molecule has 1 N–H and O–H groups in total. The van der Waals surface area contributed by atoms with Crippen molar-refractivity contribution in [3.8, 4) is 6.07 Å². The monoisotopic (exact) mass is 335 g/mol. The minimum absolute atomic E-state index is 0.0145. The largest absolute Gasteiger partial charge is 0.354 e. The van der Waals surface area contributed by atoms with E-state index in [1.54, 1.807) is 6.20 Å². The number of nitrogens with zero attached hydrogens (tertiary/aromatic N) is 4. The van der Waals surface area contributed by atoms with E-state index in [4.69, 9.17) is 5.26 Å². The summed E-state index contributed by atoms with van der Waals surface area (Å²) in [4.78, 5) is 21.0. The Bertz CT molecular complexity index is 731. The van der Waals surface area contributed by atoms with Gasteiger partial charge in [0, 0.05) is 38.1 Å². The van der Waals surface area contributed by atoms with E-state index in [2.05, 4.69) is 26.2 Å². The van der Waals surface area contributed by atoms with Crippen molar-refractivity contribution in [1.82, 2.24) is 9.88 Å². The zero-order chi connectivity index (χ0) is 17.5. The smallest absolute Gasteiger partial charge is 0.238 e. The summed E-state index contributed by atoms with van der Waals surface area (Å²) in [5.74, 6) is 0.975. The third-order valence-corrected chi connectivity index (χ3v) is 4.23. The van der Waals surface area contributed by atoms with Gasteiger partial charge >= 0.3 is 0 Å². The Balaban J connectivity index is 1.45. The second-order valence-corrected chi connectivity index (χ2v) is 6.03. The van der Waals surface area contributed by atoms with Gasteiger partial charge in [-0.1, -0.05) is 18.2 Å². The highest BCUT2D eigenvalue weighted by molar-refractivity contribution is 5.92. The molecule has 0 atom stereocenters. The van der Waals surface area contributed by atoms with Crippen LogP contribution in [0.15, 0.2) is 48.7 Å². The zero-order valence-corrected chi connectivity index (χ0v) is 14.1. The van der Waals surface area contributed by atoms with Gasteiger partial charge in [-0.2, -0.15) is 5.26 Å². The van der Waals surface area contributed by atoms with Crippen LogP contribution >= 0.6 is 0 Å². The van der Waals surface area contributed by atoms with Crippen molar-refractivity contribution in [3.63, 3.8) is 0 Å². The Morgan fingerprint density at radius 2 is 1.88 bits per heavy atom. The molecule has 25 heavy (non-hydrogen) atoms. The number of nitriles is 1. The van der Waals surface area contributed by atoms with E-state index in [9.17, 15) is 4.79 Å². The van der Waals surface area contributed by atoms with Crippen molar-refractivity contribution in [2.24, 2.45) is 0 Å². The lowest BCUT2D eigenvalue weighted by Gasteiger charge is -2.34. The first-order chi connectivity index (χ1) is 12.2. The molecular formula is C19H21N5O. The molecule has 6 heteroatoms. The number of carbonyl (C=O) groups excluding carboxylic acids is 1. The molecule has 1 aliphatic rings. The van der Waals surface area contributed by atoms with E-state index < -0.39 is 0 Å². The second-order valence-electron chi connectivity index (χ2n) is 6.03. The van der Waals surface area contributed by atoms with E-state index in [-0.39, 0.29) is 5.91 Å². The van der Waals surface area contributed by atoms with Gasteiger partial charge in [0.15, 0.2) is 0 Å². The molecule has 1 amide bonds. The maximum Gasteiger partial charge on any atom is 0.238 e. The fourth-order valence-electron chi connectivity index (χ4n) is 2.88. The number of carbonyl (C=O) groups is 1. The number of hydrogen-bond donors (Lipinski definition) is 1. The predicted molar refractivity (Wildman–Crippen MR) is 97.3 cm³/mol. The molecule has 1 aliphatic heterocycles. The summed E-state index contributed by atoms with van der Waals surface area (Å²) in [6.45, 7) is 3.80. The Morgan fingerprint density at radius 1 is 1.12 bits per heavy atom. The number of pyridine rings is 1. The molecule has 3 rings (SSSR count). The van der Waals surface area contributed by atoms with Crippen LogP contribution in [0.4, 0.5) is 11.5 Å². The number of nitrogens with one attached hydrogen (secondary N) is 1. The van der Waals surface area contributed by atoms with Crippen LogP contribution in [0.25, 0.3) is 0 Å². The first kappa shape index (κ1) is 16.9. The highest BCUT2D eigenvalue weighted by atomic mass is 16.2. The quantitative estimate of drug-likeness (QED) is 0.904. The molecule has 1 saturated heterocycles. The summed E-state index contributed by atoms with van der Waals surface area (Å²) in [5.41, 5.74) is 1.71. The third-order valence-electron chi connectivity index (χ3n) is 4.23. The number of anilines is 2. The van der Waals surface area contributed by atoms with Gasteiger partial charge in [-0.3, -0.25) is 9.69 Å². The number of hydrogen-bond acceptors (Lipinski definition) is 5. The summed E-state index contributed by atoms with van der Waals surface area (Å²) >= 11 is 0. The first-order valence-electron chi connectivity index (χ1n) is 8.38. The van der Waals surface area contributed by atoms with Crippen LogP contribution in [-0.4, -0.2) is 48.5 Å². The Hall–Kier alpha value is -2.91. The van der Waals surface area contributed by atoms with E-state index >= 15 is 0 Å². The number of piperazine rings is 1. The van der Waals surface area contributed by atoms with Gasteiger partial charge in [0.1, 0.15) is 5.82 Å². The maximum absolute atomic E-state index is 12.2. The van der Waals surface area contributed by atoms with Crippen molar-refractivity contribution in [2.75, 3.05) is 42.9 Å². The molecule has 0 radical (unpaired) electrons. The van der Waals surface area contributed by atoms with Crippen molar-refractivity contribution in [1.29, 1.82) is 5.26 Å². The van der Waals surface area contributed by atoms with E-state index in [0.717, 1.165) is 43.2 Å². The van der Waals surface area contributed by atoms with Gasteiger partial charge in [-0.05, 0) is 29.8 Å². The van der Waals surface area contributed by atoms with Gasteiger partial charge in [0.2, 0.25) is 5.91 Å². The predicted octanol–water partition coefficient (Wildman–Crippen LogP) is 1.91. The van der Waals surface area contributed by atoms with E-state index in [1.165, 1.54) is 0 Å². The lowest BCUT2D eigenvalue weighted by Crippen LogP contribution is -2.48. The topological polar surface area (TPSA) is 72.3 Å². The Kier molecular flexibility index (Phi) is 5.60. The lowest BCUT2D eigenvalue weighted by atomic mass is 10.1. The summed E-state index contributed by atoms with van der Waals surface area (Å²) in [6.07, 6.45) is 2.19. The molecular weight excluding hydrogens is 314 g/mol. The first-order valence-corrected chi connectivity index (χ1v) is 8.38. The standard InChI is InChI=1S/C19H21N5O/c20-9-8-16-4-6-17(7-5-16)22-19(25)15-23-11-13-24(14-12-23)18-3-1-2-10-21-18/h1-7,10H,8,11-15H2,(H,22,25). The van der Waals surface area contributed by atoms with Gasteiger partial charge < -0.3 is 10.2 Å². The lowest BCUT2D eigenvalue weighted by molar-refractivity contribution is -0.117. The highest BCUT2D eigenvalue weighted by Crippen LogP contribution is 2.13. The molecule has 1 fully saturated rings. The van der Waals surface area contributed by atoms with Gasteiger partial charge in [0.05, 0.1) is 19.0 Å². The molecule has 0 bridgehead atoms. The number of amides is 1. The minimum Gasteiger partial charge on any atom is -0.354 e. The summed E-state index contributed by atoms with van der Waals surface area (Å²) in [5, 5.41) is 11.6. The molecule has 0 aliphatic carbocycles. The average Bonchev–Trinajstić information content (AvgIpc) is 2.65. The second kappa shape index (κ2) is 8.27. The van der Waals surface area contributed by atoms with Crippen LogP contribution < -0.4 is 10.2 Å². The van der Waals surface area contributed by atoms with E-state index in [1.807, 2.05) is 42.5 Å². The molecule has 0 spiro atoms. The molecule has 1 aromatic carbocycles. The molecule has 2 aromatic rings. The zero-order valence-electron chi connectivity index (χ0n) is 14.1. The molecule has 0 saturated carbocycles. The summed E-state index contributed by atoms with van der Waals surface area (Å²) < 4.78 is 0. The van der Waals surface area contributed by atoms with Crippen LogP contribution in [0.3, 0.4) is 0 Å². The molecule has 2 heterocycles. The Morgan fingerprint density at radius 3 is 2.52 bits per heavy atom. The van der Waals surface area contributed by atoms with Gasteiger partial charge in [-0.15, -0.1) is 0 Å². The minimum atomic E-state index is -0.0145. The number of aromatic nitrogens is 1. The van der Waals surface area contributed by atoms with Crippen LogP contribution in [0.2, 0.25) is 0 Å². The molecule has 128 valence electrons. The fourth-order valence-corrected chi connectivity index (χ4v) is 2.88. The highest BCUT2D eigenvalue weighted by Gasteiger charge is 2.19. The number of benzene rings is 1.